The maximum absolute atomic E-state index is 11.6. The van der Waals surface area contributed by atoms with Gasteiger partial charge in [-0.3, -0.25) is 4.79 Å². The van der Waals surface area contributed by atoms with Crippen LogP contribution in [0.1, 0.15) is 12.1 Å². The summed E-state index contributed by atoms with van der Waals surface area (Å²) in [6, 6.07) is -0.919. The molecule has 0 aliphatic carbocycles. The Kier molecular flexibility index (Phi) is 4.65. The van der Waals surface area contributed by atoms with Gasteiger partial charge in [0.2, 0.25) is 5.91 Å². The molecule has 4 N–H and O–H groups in total. The lowest BCUT2D eigenvalue weighted by atomic mass is 10.1. The average molecular weight is 240 g/mol. The molecule has 0 fully saturated rings. The Hall–Kier alpha value is -1.89. The van der Waals surface area contributed by atoms with Gasteiger partial charge >= 0.3 is 5.97 Å². The van der Waals surface area contributed by atoms with Gasteiger partial charge in [-0.05, 0) is 0 Å². The Morgan fingerprint density at radius 1 is 1.65 bits per heavy atom. The molecule has 0 saturated heterocycles. The number of rotatable bonds is 6. The molecule has 1 aromatic heterocycles. The molecule has 1 aromatic rings. The van der Waals surface area contributed by atoms with Crippen molar-refractivity contribution in [2.24, 2.45) is 5.73 Å². The number of nitrogens with one attached hydrogen (secondary N) is 1. The van der Waals surface area contributed by atoms with Crippen LogP contribution in [0.3, 0.4) is 0 Å². The molecule has 0 aliphatic heterocycles. The lowest BCUT2D eigenvalue weighted by molar-refractivity contribution is -0.148. The number of carboxylic acid groups (broad SMARTS) is 1. The number of H-pyrrole nitrogens is 1. The van der Waals surface area contributed by atoms with Crippen molar-refractivity contribution in [2.45, 2.75) is 18.9 Å². The van der Waals surface area contributed by atoms with Crippen molar-refractivity contribution >= 4 is 11.9 Å². The predicted molar refractivity (Wildman–Crippen MR) is 60.2 cm³/mol. The first-order valence-electron chi connectivity index (χ1n) is 5.22. The first-order chi connectivity index (χ1) is 8.06. The Balaban J connectivity index is 2.72. The quantitative estimate of drug-likeness (QED) is 0.603. The highest BCUT2D eigenvalue weighted by Crippen LogP contribution is 2.06. The number of imidazole rings is 1. The van der Waals surface area contributed by atoms with E-state index in [1.165, 1.54) is 18.3 Å². The summed E-state index contributed by atoms with van der Waals surface area (Å²) in [6.07, 6.45) is 3.39. The highest BCUT2D eigenvalue weighted by molar-refractivity contribution is 5.83. The molecule has 0 bridgehead atoms. The molecule has 1 unspecified atom stereocenters. The molecule has 0 saturated carbocycles. The van der Waals surface area contributed by atoms with E-state index in [0.29, 0.717) is 5.69 Å². The largest absolute Gasteiger partial charge is 0.480 e. The van der Waals surface area contributed by atoms with Crippen LogP contribution in [-0.2, 0) is 16.0 Å². The van der Waals surface area contributed by atoms with Crippen molar-refractivity contribution in [3.63, 3.8) is 0 Å². The number of aromatic nitrogens is 2. The van der Waals surface area contributed by atoms with E-state index in [4.69, 9.17) is 10.8 Å². The van der Waals surface area contributed by atoms with Crippen LogP contribution < -0.4 is 5.73 Å². The van der Waals surface area contributed by atoms with Crippen molar-refractivity contribution in [2.75, 3.05) is 13.6 Å². The number of aliphatic carboxylic acids is 1. The maximum atomic E-state index is 11.6. The minimum absolute atomic E-state index is 0.140. The van der Waals surface area contributed by atoms with Crippen LogP contribution in [-0.4, -0.2) is 51.5 Å². The number of amides is 1. The second kappa shape index (κ2) is 6.00. The molecule has 1 heterocycles. The van der Waals surface area contributed by atoms with Crippen LogP contribution in [0.5, 0.6) is 0 Å². The Morgan fingerprint density at radius 3 is 2.82 bits per heavy atom. The van der Waals surface area contributed by atoms with Gasteiger partial charge in [0.1, 0.15) is 6.04 Å². The van der Waals surface area contributed by atoms with Crippen LogP contribution in [0, 0.1) is 0 Å². The van der Waals surface area contributed by atoms with Gasteiger partial charge in [0.05, 0.1) is 12.0 Å². The third-order valence-corrected chi connectivity index (χ3v) is 2.46. The summed E-state index contributed by atoms with van der Waals surface area (Å²) in [6.45, 7) is 0.206. The van der Waals surface area contributed by atoms with Gasteiger partial charge in [-0.25, -0.2) is 9.78 Å². The van der Waals surface area contributed by atoms with Crippen LogP contribution >= 0.6 is 0 Å². The van der Waals surface area contributed by atoms with Gasteiger partial charge in [-0.15, -0.1) is 0 Å². The number of nitrogens with zero attached hydrogens (tertiary/aromatic N) is 2. The molecule has 1 rings (SSSR count). The monoisotopic (exact) mass is 240 g/mol. The zero-order valence-electron chi connectivity index (χ0n) is 9.59. The molecule has 1 amide bonds. The van der Waals surface area contributed by atoms with Crippen LogP contribution in [0.25, 0.3) is 0 Å². The number of nitrogens with two attached hydrogens (primary N) is 1. The van der Waals surface area contributed by atoms with Gasteiger partial charge in [0.25, 0.3) is 0 Å². The molecule has 7 heteroatoms. The number of aromatic amines is 1. The lowest BCUT2D eigenvalue weighted by Gasteiger charge is -2.24. The van der Waals surface area contributed by atoms with E-state index in [9.17, 15) is 9.59 Å². The fraction of sp³-hybridized carbons (Fsp3) is 0.500. The smallest absolute Gasteiger partial charge is 0.326 e. The number of hydrogen-bond acceptors (Lipinski definition) is 4. The SMILES string of the molecule is CN(C(=O)CCN)C(Cc1c[nH]cn1)C(=O)O. The van der Waals surface area contributed by atoms with Gasteiger partial charge in [-0.1, -0.05) is 0 Å². The molecule has 0 aromatic carbocycles. The summed E-state index contributed by atoms with van der Waals surface area (Å²) >= 11 is 0. The van der Waals surface area contributed by atoms with E-state index in [0.717, 1.165) is 0 Å². The molecule has 0 spiro atoms. The summed E-state index contributed by atoms with van der Waals surface area (Å²) in [4.78, 5) is 30.6. The second-order valence-electron chi connectivity index (χ2n) is 3.66. The molecule has 1 atom stereocenters. The van der Waals surface area contributed by atoms with E-state index in [-0.39, 0.29) is 25.3 Å². The molecular weight excluding hydrogens is 224 g/mol. The van der Waals surface area contributed by atoms with E-state index < -0.39 is 12.0 Å². The molecule has 94 valence electrons. The highest BCUT2D eigenvalue weighted by Gasteiger charge is 2.26. The van der Waals surface area contributed by atoms with E-state index in [1.54, 1.807) is 6.20 Å². The normalized spacial score (nSPS) is 12.1. The number of carboxylic acids is 1. The Labute approximate surface area is 98.6 Å². The second-order valence-corrected chi connectivity index (χ2v) is 3.66. The molecule has 0 radical (unpaired) electrons. The summed E-state index contributed by atoms with van der Waals surface area (Å²) in [7, 11) is 1.46. The minimum atomic E-state index is -1.05. The maximum Gasteiger partial charge on any atom is 0.326 e. The standard InChI is InChI=1S/C10H16N4O3/c1-14(9(15)2-3-11)8(10(16)17)4-7-5-12-6-13-7/h5-6,8H,2-4,11H2,1H3,(H,12,13)(H,16,17). The molecule has 0 aliphatic rings. The topological polar surface area (TPSA) is 112 Å². The first kappa shape index (κ1) is 13.2. The predicted octanol–water partition coefficient (Wildman–Crippen LogP) is -0.787. The Bertz CT molecular complexity index is 377. The van der Waals surface area contributed by atoms with Gasteiger partial charge < -0.3 is 20.7 Å². The third-order valence-electron chi connectivity index (χ3n) is 2.46. The van der Waals surface area contributed by atoms with Crippen LogP contribution in [0.2, 0.25) is 0 Å². The summed E-state index contributed by atoms with van der Waals surface area (Å²) < 4.78 is 0. The Morgan fingerprint density at radius 2 is 2.35 bits per heavy atom. The summed E-state index contributed by atoms with van der Waals surface area (Å²) in [5.41, 5.74) is 5.87. The summed E-state index contributed by atoms with van der Waals surface area (Å²) in [5, 5.41) is 9.10. The number of carbonyl (C=O) groups excluding carboxylic acids is 1. The van der Waals surface area contributed by atoms with Crippen LogP contribution in [0.15, 0.2) is 12.5 Å². The summed E-state index contributed by atoms with van der Waals surface area (Å²) in [5.74, 6) is -1.34. The van der Waals surface area contributed by atoms with Crippen LogP contribution in [0.4, 0.5) is 0 Å². The zero-order chi connectivity index (χ0) is 12.8. The van der Waals surface area contributed by atoms with E-state index >= 15 is 0 Å². The number of likely N-dealkylation sites (N-methyl/N-ethyl adjacent to an activating group) is 1. The van der Waals surface area contributed by atoms with Crippen molar-refractivity contribution in [1.82, 2.24) is 14.9 Å². The van der Waals surface area contributed by atoms with Crippen molar-refractivity contribution in [3.8, 4) is 0 Å². The zero-order valence-corrected chi connectivity index (χ0v) is 9.59. The van der Waals surface area contributed by atoms with E-state index in [2.05, 4.69) is 9.97 Å². The lowest BCUT2D eigenvalue weighted by Crippen LogP contribution is -2.44. The fourth-order valence-electron chi connectivity index (χ4n) is 1.46. The average Bonchev–Trinajstić information content (AvgIpc) is 2.77. The fourth-order valence-corrected chi connectivity index (χ4v) is 1.46. The van der Waals surface area contributed by atoms with Gasteiger partial charge in [-0.2, -0.15) is 0 Å². The molecule has 7 nitrogen and oxygen atoms in total. The van der Waals surface area contributed by atoms with Crippen molar-refractivity contribution in [3.05, 3.63) is 18.2 Å². The molecular formula is C10H16N4O3. The first-order valence-corrected chi connectivity index (χ1v) is 5.22. The van der Waals surface area contributed by atoms with E-state index in [1.807, 2.05) is 0 Å². The highest BCUT2D eigenvalue weighted by atomic mass is 16.4. The minimum Gasteiger partial charge on any atom is -0.480 e. The number of hydrogen-bond donors (Lipinski definition) is 3. The van der Waals surface area contributed by atoms with Crippen molar-refractivity contribution < 1.29 is 14.7 Å². The van der Waals surface area contributed by atoms with Gasteiger partial charge in [0, 0.05) is 32.6 Å². The third kappa shape index (κ3) is 3.56. The van der Waals surface area contributed by atoms with Crippen molar-refractivity contribution in [1.29, 1.82) is 0 Å². The van der Waals surface area contributed by atoms with Gasteiger partial charge in [0.15, 0.2) is 0 Å². The molecule has 17 heavy (non-hydrogen) atoms. The number of carbonyl (C=O) groups is 2.